The molecule has 9 nitrogen and oxygen atoms in total. The van der Waals surface area contributed by atoms with Crippen LogP contribution in [0.15, 0.2) is 22.4 Å². The topological polar surface area (TPSA) is 122 Å². The number of ether oxygens (including phenoxy) is 1. The normalized spacial score (nSPS) is 23.5. The van der Waals surface area contributed by atoms with Gasteiger partial charge in [0.1, 0.15) is 10.7 Å². The lowest BCUT2D eigenvalue weighted by molar-refractivity contribution is -0.140. The van der Waals surface area contributed by atoms with E-state index in [2.05, 4.69) is 17.1 Å². The van der Waals surface area contributed by atoms with Gasteiger partial charge in [-0.1, -0.05) is 19.3 Å². The van der Waals surface area contributed by atoms with Crippen LogP contribution in [0.4, 0.5) is 0 Å². The van der Waals surface area contributed by atoms with Crippen LogP contribution >= 0.6 is 0 Å². The number of hydrogen-bond donors (Lipinski definition) is 2. The maximum absolute atomic E-state index is 12.9. The van der Waals surface area contributed by atoms with Crippen molar-refractivity contribution in [3.05, 3.63) is 22.4 Å². The Morgan fingerprint density at radius 2 is 1.69 bits per heavy atom. The molecule has 3 fully saturated rings. The number of methoxy groups -OCH3 is 1. The van der Waals surface area contributed by atoms with E-state index in [9.17, 15) is 18.0 Å². The van der Waals surface area contributed by atoms with E-state index in [1.54, 1.807) is 13.0 Å². The molecule has 0 radical (unpaired) electrons. The molecular weight excluding hydrogens is 468 g/mol. The molecular formula is C25H44N4O5S. The van der Waals surface area contributed by atoms with Crippen molar-refractivity contribution in [3.63, 3.8) is 0 Å². The van der Waals surface area contributed by atoms with Gasteiger partial charge in [-0.15, -0.1) is 0 Å². The minimum atomic E-state index is -3.38. The first-order chi connectivity index (χ1) is 16.3. The van der Waals surface area contributed by atoms with Gasteiger partial charge in [-0.3, -0.25) is 9.59 Å². The smallest absolute Gasteiger partial charge is 0.226 e. The number of nitrogens with one attached hydrogen (secondary N) is 1. The maximum atomic E-state index is 12.9. The molecule has 0 aromatic heterocycles. The highest BCUT2D eigenvalue weighted by molar-refractivity contribution is 7.94. The molecule has 2 saturated carbocycles. The Hall–Kier alpha value is -2.07. The summed E-state index contributed by atoms with van der Waals surface area (Å²) in [5, 5.41) is 2.63. The summed E-state index contributed by atoms with van der Waals surface area (Å²) in [5.41, 5.74) is 6.07. The first kappa shape index (κ1) is 29.2. The summed E-state index contributed by atoms with van der Waals surface area (Å²) < 4.78 is 29.3. The van der Waals surface area contributed by atoms with E-state index >= 15 is 0 Å². The number of nitrogens with zero attached hydrogens (tertiary/aromatic N) is 2. The first-order valence-electron chi connectivity index (χ1n) is 12.5. The molecule has 1 aliphatic heterocycles. The summed E-state index contributed by atoms with van der Waals surface area (Å²) in [7, 11) is -1.90. The molecule has 0 spiro atoms. The summed E-state index contributed by atoms with van der Waals surface area (Å²) in [6, 6.07) is 0.116. The second-order valence-electron chi connectivity index (χ2n) is 10.2. The van der Waals surface area contributed by atoms with Crippen LogP contribution in [0, 0.1) is 5.92 Å². The van der Waals surface area contributed by atoms with Crippen molar-refractivity contribution in [1.82, 2.24) is 15.1 Å². The number of piperazine rings is 1. The number of nitrogens with two attached hydrogens (primary N) is 1. The van der Waals surface area contributed by atoms with Gasteiger partial charge in [0, 0.05) is 50.5 Å². The molecule has 1 saturated heterocycles. The Bertz CT molecular complexity index is 934. The largest absolute Gasteiger partial charge is 0.500 e. The van der Waals surface area contributed by atoms with Crippen molar-refractivity contribution < 1.29 is 22.7 Å². The Kier molecular flexibility index (Phi) is 10.2. The number of sulfone groups is 1. The summed E-state index contributed by atoms with van der Waals surface area (Å²) in [5.74, 6) is 0.838. The molecule has 3 aliphatic rings. The van der Waals surface area contributed by atoms with Crippen LogP contribution in [0.1, 0.15) is 72.6 Å². The molecule has 1 atom stereocenters. The summed E-state index contributed by atoms with van der Waals surface area (Å²) >= 11 is 0. The molecule has 0 aromatic rings. The van der Waals surface area contributed by atoms with E-state index in [-0.39, 0.29) is 28.4 Å². The fraction of sp³-hybridized carbons (Fsp3) is 0.760. The molecule has 0 aromatic carbocycles. The average molecular weight is 513 g/mol. The number of carbonyl (C=O) groups excluding carboxylic acids is 2. The predicted molar refractivity (Wildman–Crippen MR) is 138 cm³/mol. The number of carbonyl (C=O) groups is 2. The lowest BCUT2D eigenvalue weighted by Crippen LogP contribution is -2.54. The lowest BCUT2D eigenvalue weighted by Gasteiger charge is -2.43. The SMILES string of the molecule is CC(=O)NC1(N)CC1.CO/C(C)=C(/C=C(\C)N1CCN(C(=O)C2CCCCC2)C(C)C1)S(C)(=O)=O. The highest BCUT2D eigenvalue weighted by Gasteiger charge is 2.38. The minimum Gasteiger partial charge on any atom is -0.500 e. The van der Waals surface area contributed by atoms with Gasteiger partial charge < -0.3 is 25.6 Å². The Morgan fingerprint density at radius 1 is 1.09 bits per heavy atom. The Balaban J connectivity index is 0.000000456. The van der Waals surface area contributed by atoms with Gasteiger partial charge in [-0.25, -0.2) is 8.42 Å². The monoisotopic (exact) mass is 512 g/mol. The molecule has 35 heavy (non-hydrogen) atoms. The van der Waals surface area contributed by atoms with E-state index in [1.165, 1.54) is 26.7 Å². The molecule has 3 N–H and O–H groups in total. The van der Waals surface area contributed by atoms with Crippen molar-refractivity contribution in [2.75, 3.05) is 33.0 Å². The number of amides is 2. The molecule has 2 amide bonds. The second-order valence-corrected chi connectivity index (χ2v) is 12.2. The Labute approximate surface area is 211 Å². The van der Waals surface area contributed by atoms with Crippen LogP contribution in [-0.2, 0) is 24.2 Å². The zero-order valence-corrected chi connectivity index (χ0v) is 23.0. The number of hydrogen-bond acceptors (Lipinski definition) is 7. The fourth-order valence-corrected chi connectivity index (χ4v) is 5.64. The van der Waals surface area contributed by atoms with Gasteiger partial charge >= 0.3 is 0 Å². The van der Waals surface area contributed by atoms with Crippen LogP contribution in [0.25, 0.3) is 0 Å². The highest BCUT2D eigenvalue weighted by Crippen LogP contribution is 2.29. The minimum absolute atomic E-state index is 0.0370. The molecule has 2 aliphatic carbocycles. The Morgan fingerprint density at radius 3 is 2.11 bits per heavy atom. The van der Waals surface area contributed by atoms with Crippen molar-refractivity contribution in [3.8, 4) is 0 Å². The molecule has 10 heteroatoms. The quantitative estimate of drug-likeness (QED) is 0.318. The second kappa shape index (κ2) is 12.3. The first-order valence-corrected chi connectivity index (χ1v) is 14.4. The summed E-state index contributed by atoms with van der Waals surface area (Å²) in [6.07, 6.45) is 10.3. The van der Waals surface area contributed by atoms with E-state index in [0.29, 0.717) is 31.3 Å². The van der Waals surface area contributed by atoms with Crippen molar-refractivity contribution >= 4 is 21.7 Å². The molecule has 1 unspecified atom stereocenters. The van der Waals surface area contributed by atoms with Crippen LogP contribution in [-0.4, -0.2) is 74.7 Å². The van der Waals surface area contributed by atoms with E-state index in [4.69, 9.17) is 10.5 Å². The van der Waals surface area contributed by atoms with Gasteiger partial charge in [0.15, 0.2) is 9.84 Å². The van der Waals surface area contributed by atoms with Crippen LogP contribution in [0.5, 0.6) is 0 Å². The zero-order chi connectivity index (χ0) is 26.4. The molecule has 3 rings (SSSR count). The van der Waals surface area contributed by atoms with Gasteiger partial charge in [0.2, 0.25) is 11.8 Å². The maximum Gasteiger partial charge on any atom is 0.226 e. The van der Waals surface area contributed by atoms with Gasteiger partial charge in [0.05, 0.1) is 12.8 Å². The average Bonchev–Trinajstić information content (AvgIpc) is 3.52. The van der Waals surface area contributed by atoms with Crippen LogP contribution < -0.4 is 11.1 Å². The van der Waals surface area contributed by atoms with Crippen molar-refractivity contribution in [2.24, 2.45) is 11.7 Å². The van der Waals surface area contributed by atoms with Gasteiger partial charge in [-0.05, 0) is 52.5 Å². The summed E-state index contributed by atoms with van der Waals surface area (Å²) in [6.45, 7) is 9.24. The van der Waals surface area contributed by atoms with Crippen LogP contribution in [0.3, 0.4) is 0 Å². The summed E-state index contributed by atoms with van der Waals surface area (Å²) in [4.78, 5) is 27.6. The van der Waals surface area contributed by atoms with Gasteiger partial charge in [0.25, 0.3) is 0 Å². The van der Waals surface area contributed by atoms with Gasteiger partial charge in [-0.2, -0.15) is 0 Å². The molecule has 0 bridgehead atoms. The van der Waals surface area contributed by atoms with Crippen molar-refractivity contribution in [1.29, 1.82) is 0 Å². The van der Waals surface area contributed by atoms with Crippen LogP contribution in [0.2, 0.25) is 0 Å². The number of rotatable bonds is 6. The third-order valence-corrected chi connectivity index (χ3v) is 8.17. The molecule has 200 valence electrons. The van der Waals surface area contributed by atoms with E-state index < -0.39 is 9.84 Å². The standard InChI is InChI=1S/C20H34N2O4S.C5H10N2O/c1-15(13-19(17(3)26-4)27(5,24)25)21-11-12-22(16(2)14-21)20(23)18-9-7-6-8-10-18;1-4(8)7-5(6)2-3-5/h13,16,18H,6-12,14H2,1-5H3;2-3,6H2,1H3,(H,7,8)/b15-13+,19-17-;. The lowest BCUT2D eigenvalue weighted by atomic mass is 9.87. The van der Waals surface area contributed by atoms with Crippen molar-refractivity contribution in [2.45, 2.75) is 84.3 Å². The number of allylic oxidation sites excluding steroid dienone is 3. The van der Waals surface area contributed by atoms with E-state index in [1.807, 2.05) is 11.8 Å². The predicted octanol–water partition coefficient (Wildman–Crippen LogP) is 2.50. The third-order valence-electron chi connectivity index (χ3n) is 6.97. The third kappa shape index (κ3) is 8.83. The molecule has 1 heterocycles. The highest BCUT2D eigenvalue weighted by atomic mass is 32.2. The fourth-order valence-electron chi connectivity index (χ4n) is 4.65. The van der Waals surface area contributed by atoms with E-state index in [0.717, 1.165) is 44.2 Å². The zero-order valence-electron chi connectivity index (χ0n) is 22.2.